The maximum atomic E-state index is 5.35. The predicted octanol–water partition coefficient (Wildman–Crippen LogP) is 5.76. The Morgan fingerprint density at radius 3 is 2.58 bits per heavy atom. The van der Waals surface area contributed by atoms with Gasteiger partial charge in [-0.05, 0) is 42.0 Å². The quantitative estimate of drug-likeness (QED) is 0.544. The lowest BCUT2D eigenvalue weighted by Gasteiger charge is -2.08. The van der Waals surface area contributed by atoms with Gasteiger partial charge in [-0.15, -0.1) is 11.3 Å². The molecule has 24 heavy (non-hydrogen) atoms. The van der Waals surface area contributed by atoms with Crippen LogP contribution in [0.4, 0.5) is 0 Å². The Balaban J connectivity index is 1.83. The number of hydrogen-bond acceptors (Lipinski definition) is 4. The zero-order valence-electron chi connectivity index (χ0n) is 13.3. The minimum atomic E-state index is 0.703. The average Bonchev–Trinajstić information content (AvgIpc) is 3.08. The smallest absolute Gasteiger partial charge is 0.161 e. The molecule has 0 saturated carbocycles. The van der Waals surface area contributed by atoms with Gasteiger partial charge in [-0.3, -0.25) is 0 Å². The van der Waals surface area contributed by atoms with E-state index in [1.54, 1.807) is 25.6 Å². The summed E-state index contributed by atoms with van der Waals surface area (Å²) in [5, 5.41) is 3.00. The molecule has 0 spiro atoms. The van der Waals surface area contributed by atoms with Gasteiger partial charge in [-0.25, -0.2) is 4.98 Å². The number of ether oxygens (including phenoxy) is 2. The highest BCUT2D eigenvalue weighted by Gasteiger charge is 2.08. The van der Waals surface area contributed by atoms with Crippen molar-refractivity contribution in [3.63, 3.8) is 0 Å². The molecule has 2 aromatic carbocycles. The van der Waals surface area contributed by atoms with Crippen molar-refractivity contribution in [2.45, 2.75) is 0 Å². The average molecular weight is 402 g/mol. The summed E-state index contributed by atoms with van der Waals surface area (Å²) in [6, 6.07) is 14.0. The second-order valence-corrected chi connectivity index (χ2v) is 6.83. The predicted molar refractivity (Wildman–Crippen MR) is 104 cm³/mol. The second kappa shape index (κ2) is 7.64. The van der Waals surface area contributed by atoms with E-state index in [1.165, 1.54) is 0 Å². The molecule has 122 valence electrons. The summed E-state index contributed by atoms with van der Waals surface area (Å²) in [5.74, 6) is 1.42. The Kier molecular flexibility index (Phi) is 5.33. The van der Waals surface area contributed by atoms with Crippen molar-refractivity contribution < 1.29 is 9.47 Å². The minimum Gasteiger partial charge on any atom is -0.493 e. The van der Waals surface area contributed by atoms with Crippen LogP contribution >= 0.6 is 27.3 Å². The molecular formula is C19H16BrNO2S. The number of hydrogen-bond donors (Lipinski definition) is 0. The van der Waals surface area contributed by atoms with Crippen LogP contribution < -0.4 is 9.47 Å². The molecule has 5 heteroatoms. The zero-order valence-corrected chi connectivity index (χ0v) is 15.7. The first-order chi connectivity index (χ1) is 11.7. The van der Waals surface area contributed by atoms with Crippen LogP contribution in [0.2, 0.25) is 0 Å². The monoisotopic (exact) mass is 401 g/mol. The van der Waals surface area contributed by atoms with Gasteiger partial charge in [0.05, 0.1) is 19.9 Å². The summed E-state index contributed by atoms with van der Waals surface area (Å²) >= 11 is 5.09. The number of halogens is 1. The lowest BCUT2D eigenvalue weighted by atomic mass is 10.1. The third kappa shape index (κ3) is 3.86. The van der Waals surface area contributed by atoms with Crippen molar-refractivity contribution >= 4 is 39.4 Å². The first kappa shape index (κ1) is 16.7. The Morgan fingerprint density at radius 1 is 1.00 bits per heavy atom. The van der Waals surface area contributed by atoms with Gasteiger partial charge in [0.15, 0.2) is 11.5 Å². The minimum absolute atomic E-state index is 0.703. The Labute approximate surface area is 153 Å². The molecule has 0 aliphatic rings. The standard InChI is InChI=1S/C19H16BrNO2S/c1-22-17-8-7-14(11-18(17)23-2)16-12-24-19(21-16)9-6-13-4-3-5-15(20)10-13/h3-12H,1-2H3/b9-6+. The Bertz CT molecular complexity index is 873. The number of aromatic nitrogens is 1. The van der Waals surface area contributed by atoms with E-state index in [0.29, 0.717) is 11.5 Å². The molecule has 0 aliphatic heterocycles. The topological polar surface area (TPSA) is 31.4 Å². The van der Waals surface area contributed by atoms with Crippen molar-refractivity contribution in [1.82, 2.24) is 4.98 Å². The highest BCUT2D eigenvalue weighted by Crippen LogP contribution is 2.32. The molecule has 3 nitrogen and oxygen atoms in total. The van der Waals surface area contributed by atoms with Crippen molar-refractivity contribution in [2.75, 3.05) is 14.2 Å². The van der Waals surface area contributed by atoms with E-state index < -0.39 is 0 Å². The molecule has 0 unspecified atom stereocenters. The Morgan fingerprint density at radius 2 is 1.83 bits per heavy atom. The fourth-order valence-corrected chi connectivity index (χ4v) is 3.41. The van der Waals surface area contributed by atoms with E-state index >= 15 is 0 Å². The van der Waals surface area contributed by atoms with Crippen LogP contribution in [-0.2, 0) is 0 Å². The molecule has 0 aliphatic carbocycles. The van der Waals surface area contributed by atoms with Crippen molar-refractivity contribution in [3.05, 3.63) is 62.9 Å². The number of benzene rings is 2. The second-order valence-electron chi connectivity index (χ2n) is 5.03. The van der Waals surface area contributed by atoms with Gasteiger partial charge < -0.3 is 9.47 Å². The summed E-state index contributed by atoms with van der Waals surface area (Å²) in [4.78, 5) is 4.67. The van der Waals surface area contributed by atoms with Crippen LogP contribution in [0.25, 0.3) is 23.4 Å². The highest BCUT2D eigenvalue weighted by molar-refractivity contribution is 9.10. The first-order valence-electron chi connectivity index (χ1n) is 7.31. The maximum Gasteiger partial charge on any atom is 0.161 e. The lowest BCUT2D eigenvalue weighted by Crippen LogP contribution is -1.90. The van der Waals surface area contributed by atoms with Gasteiger partial charge in [-0.2, -0.15) is 0 Å². The van der Waals surface area contributed by atoms with Crippen molar-refractivity contribution in [1.29, 1.82) is 0 Å². The largest absolute Gasteiger partial charge is 0.493 e. The van der Waals surface area contributed by atoms with Crippen LogP contribution in [0, 0.1) is 0 Å². The summed E-state index contributed by atoms with van der Waals surface area (Å²) < 4.78 is 11.7. The van der Waals surface area contributed by atoms with Gasteiger partial charge >= 0.3 is 0 Å². The molecule has 1 aromatic heterocycles. The fraction of sp³-hybridized carbons (Fsp3) is 0.105. The fourth-order valence-electron chi connectivity index (χ4n) is 2.27. The summed E-state index contributed by atoms with van der Waals surface area (Å²) in [5.41, 5.74) is 3.06. The van der Waals surface area contributed by atoms with E-state index in [1.807, 2.05) is 41.8 Å². The third-order valence-electron chi connectivity index (χ3n) is 3.47. The van der Waals surface area contributed by atoms with E-state index in [0.717, 1.165) is 26.3 Å². The summed E-state index contributed by atoms with van der Waals surface area (Å²) in [6.07, 6.45) is 4.08. The van der Waals surface area contributed by atoms with Crippen molar-refractivity contribution in [2.24, 2.45) is 0 Å². The molecule has 0 saturated heterocycles. The first-order valence-corrected chi connectivity index (χ1v) is 8.98. The van der Waals surface area contributed by atoms with E-state index in [9.17, 15) is 0 Å². The van der Waals surface area contributed by atoms with Gasteiger partial charge in [0.25, 0.3) is 0 Å². The molecule has 0 bridgehead atoms. The molecule has 0 fully saturated rings. The van der Waals surface area contributed by atoms with Crippen LogP contribution in [0.15, 0.2) is 52.3 Å². The summed E-state index contributed by atoms with van der Waals surface area (Å²) in [7, 11) is 3.26. The lowest BCUT2D eigenvalue weighted by molar-refractivity contribution is 0.355. The van der Waals surface area contributed by atoms with Crippen molar-refractivity contribution in [3.8, 4) is 22.8 Å². The normalized spacial score (nSPS) is 11.0. The SMILES string of the molecule is COc1ccc(-c2csc(/C=C/c3cccc(Br)c3)n2)cc1OC. The molecule has 0 amide bonds. The Hall–Kier alpha value is -2.11. The van der Waals surface area contributed by atoms with Crippen LogP contribution in [0.5, 0.6) is 11.5 Å². The van der Waals surface area contributed by atoms with Gasteiger partial charge in [0, 0.05) is 15.4 Å². The molecule has 0 radical (unpaired) electrons. The molecule has 0 N–H and O–H groups in total. The van der Waals surface area contributed by atoms with Crippen LogP contribution in [0.1, 0.15) is 10.6 Å². The third-order valence-corrected chi connectivity index (χ3v) is 4.77. The molecular weight excluding hydrogens is 386 g/mol. The van der Waals surface area contributed by atoms with E-state index in [-0.39, 0.29) is 0 Å². The molecule has 0 atom stereocenters. The van der Waals surface area contributed by atoms with Gasteiger partial charge in [-0.1, -0.05) is 34.1 Å². The summed E-state index contributed by atoms with van der Waals surface area (Å²) in [6.45, 7) is 0. The number of thiazole rings is 1. The van der Waals surface area contributed by atoms with Gasteiger partial charge in [0.2, 0.25) is 0 Å². The molecule has 3 rings (SSSR count). The number of rotatable bonds is 5. The van der Waals surface area contributed by atoms with Gasteiger partial charge in [0.1, 0.15) is 5.01 Å². The molecule has 3 aromatic rings. The number of methoxy groups -OCH3 is 2. The molecule has 1 heterocycles. The van der Waals surface area contributed by atoms with Crippen LogP contribution in [0.3, 0.4) is 0 Å². The van der Waals surface area contributed by atoms with E-state index in [4.69, 9.17) is 9.47 Å². The maximum absolute atomic E-state index is 5.35. The zero-order chi connectivity index (χ0) is 16.9. The number of nitrogens with zero attached hydrogens (tertiary/aromatic N) is 1. The van der Waals surface area contributed by atoms with E-state index in [2.05, 4.69) is 39.1 Å². The van der Waals surface area contributed by atoms with Crippen LogP contribution in [-0.4, -0.2) is 19.2 Å². The highest BCUT2D eigenvalue weighted by atomic mass is 79.9.